The number of imidazole rings is 1. The second kappa shape index (κ2) is 6.25. The van der Waals surface area contributed by atoms with E-state index < -0.39 is 0 Å². The fourth-order valence-corrected chi connectivity index (χ4v) is 2.71. The number of aromatic amines is 1. The number of aromatic nitrogens is 5. The summed E-state index contributed by atoms with van der Waals surface area (Å²) in [6.07, 6.45) is 5.51. The average Bonchev–Trinajstić information content (AvgIpc) is 3.24. The van der Waals surface area contributed by atoms with Gasteiger partial charge in [0.05, 0.1) is 11.0 Å². The van der Waals surface area contributed by atoms with Gasteiger partial charge in [-0.25, -0.2) is 14.6 Å². The maximum absolute atomic E-state index is 4.44. The highest BCUT2D eigenvalue weighted by atomic mass is 15.3. The van der Waals surface area contributed by atoms with Gasteiger partial charge >= 0.3 is 0 Å². The molecule has 0 atom stereocenters. The van der Waals surface area contributed by atoms with E-state index in [1.165, 1.54) is 5.56 Å². The summed E-state index contributed by atoms with van der Waals surface area (Å²) in [5.41, 5.74) is 4.46. The fourth-order valence-electron chi connectivity index (χ4n) is 2.71. The van der Waals surface area contributed by atoms with Crippen molar-refractivity contribution in [2.45, 2.75) is 20.0 Å². The van der Waals surface area contributed by atoms with Crippen LogP contribution in [0.15, 0.2) is 55.0 Å². The number of nitrogens with zero attached hydrogens (tertiary/aromatic N) is 4. The summed E-state index contributed by atoms with van der Waals surface area (Å²) in [5, 5.41) is 7.62. The maximum Gasteiger partial charge on any atom is 0.153 e. The molecular formula is C18H18N6. The van der Waals surface area contributed by atoms with Crippen molar-refractivity contribution in [3.63, 3.8) is 0 Å². The minimum Gasteiger partial charge on any atom is -0.342 e. The molecule has 1 aromatic carbocycles. The molecule has 0 aliphatic heterocycles. The molecular weight excluding hydrogens is 300 g/mol. The summed E-state index contributed by atoms with van der Waals surface area (Å²) in [6, 6.07) is 12.2. The van der Waals surface area contributed by atoms with Gasteiger partial charge in [-0.15, -0.1) is 0 Å². The van der Waals surface area contributed by atoms with Crippen molar-refractivity contribution >= 4 is 11.0 Å². The van der Waals surface area contributed by atoms with Crippen LogP contribution in [-0.2, 0) is 13.1 Å². The minimum atomic E-state index is 0.770. The molecule has 0 amide bonds. The van der Waals surface area contributed by atoms with E-state index >= 15 is 0 Å². The van der Waals surface area contributed by atoms with Crippen LogP contribution in [0, 0.1) is 6.92 Å². The van der Waals surface area contributed by atoms with Crippen molar-refractivity contribution in [1.29, 1.82) is 0 Å². The second-order valence-electron chi connectivity index (χ2n) is 5.75. The molecule has 3 aromatic heterocycles. The van der Waals surface area contributed by atoms with Gasteiger partial charge in [-0.2, -0.15) is 5.10 Å². The largest absolute Gasteiger partial charge is 0.342 e. The smallest absolute Gasteiger partial charge is 0.153 e. The van der Waals surface area contributed by atoms with Crippen molar-refractivity contribution < 1.29 is 0 Å². The standard InChI is InChI=1S/C18H18N6/c1-13-22-16-5-3-14(9-17(16)23-13)10-19-11-15-4-6-18(20-12-15)24-8-2-7-21-24/h2-9,12,19H,10-11H2,1H3,(H,22,23). The molecule has 3 heterocycles. The number of fused-ring (bicyclic) bond motifs is 1. The summed E-state index contributed by atoms with van der Waals surface area (Å²) >= 11 is 0. The Labute approximate surface area is 139 Å². The van der Waals surface area contributed by atoms with Gasteiger partial charge in [0.1, 0.15) is 5.82 Å². The molecule has 4 rings (SSSR count). The maximum atomic E-state index is 4.44. The highest BCUT2D eigenvalue weighted by molar-refractivity contribution is 5.75. The van der Waals surface area contributed by atoms with E-state index in [9.17, 15) is 0 Å². The molecule has 0 radical (unpaired) electrons. The van der Waals surface area contributed by atoms with Crippen molar-refractivity contribution in [1.82, 2.24) is 30.0 Å². The molecule has 6 heteroatoms. The monoisotopic (exact) mass is 318 g/mol. The summed E-state index contributed by atoms with van der Waals surface area (Å²) < 4.78 is 1.75. The van der Waals surface area contributed by atoms with E-state index in [0.717, 1.165) is 41.3 Å². The molecule has 6 nitrogen and oxygen atoms in total. The molecule has 2 N–H and O–H groups in total. The van der Waals surface area contributed by atoms with Gasteiger partial charge in [-0.1, -0.05) is 12.1 Å². The number of pyridine rings is 1. The van der Waals surface area contributed by atoms with Crippen LogP contribution in [-0.4, -0.2) is 24.7 Å². The topological polar surface area (TPSA) is 71.4 Å². The lowest BCUT2D eigenvalue weighted by Gasteiger charge is -2.06. The van der Waals surface area contributed by atoms with Gasteiger partial charge in [-0.05, 0) is 42.3 Å². The number of aryl methyl sites for hydroxylation is 1. The third-order valence-electron chi connectivity index (χ3n) is 3.87. The van der Waals surface area contributed by atoms with Crippen molar-refractivity contribution in [3.8, 4) is 5.82 Å². The predicted octanol–water partition coefficient (Wildman–Crippen LogP) is 2.74. The highest BCUT2D eigenvalue weighted by Gasteiger charge is 2.02. The number of hydrogen-bond donors (Lipinski definition) is 2. The highest BCUT2D eigenvalue weighted by Crippen LogP contribution is 2.13. The third-order valence-corrected chi connectivity index (χ3v) is 3.87. The lowest BCUT2D eigenvalue weighted by Crippen LogP contribution is -2.13. The Balaban J connectivity index is 1.37. The molecule has 120 valence electrons. The molecule has 0 bridgehead atoms. The summed E-state index contributed by atoms with van der Waals surface area (Å²) in [6.45, 7) is 3.54. The quantitative estimate of drug-likeness (QED) is 0.593. The van der Waals surface area contributed by atoms with Crippen LogP contribution in [0.4, 0.5) is 0 Å². The van der Waals surface area contributed by atoms with Gasteiger partial charge in [0.15, 0.2) is 5.82 Å². The summed E-state index contributed by atoms with van der Waals surface area (Å²) in [7, 11) is 0. The summed E-state index contributed by atoms with van der Waals surface area (Å²) in [5.74, 6) is 1.77. The van der Waals surface area contributed by atoms with E-state index in [1.807, 2.05) is 31.5 Å². The Kier molecular flexibility index (Phi) is 3.80. The number of nitrogens with one attached hydrogen (secondary N) is 2. The van der Waals surface area contributed by atoms with E-state index in [-0.39, 0.29) is 0 Å². The van der Waals surface area contributed by atoms with Gasteiger partial charge in [0, 0.05) is 31.7 Å². The molecule has 0 aliphatic carbocycles. The molecule has 4 aromatic rings. The lowest BCUT2D eigenvalue weighted by molar-refractivity contribution is 0.690. The van der Waals surface area contributed by atoms with E-state index in [0.29, 0.717) is 0 Å². The minimum absolute atomic E-state index is 0.770. The Bertz CT molecular complexity index is 937. The normalized spacial score (nSPS) is 11.2. The zero-order valence-electron chi connectivity index (χ0n) is 13.4. The van der Waals surface area contributed by atoms with Crippen LogP contribution in [0.3, 0.4) is 0 Å². The molecule has 0 saturated heterocycles. The van der Waals surface area contributed by atoms with Crippen LogP contribution in [0.5, 0.6) is 0 Å². The first-order chi connectivity index (χ1) is 11.8. The molecule has 24 heavy (non-hydrogen) atoms. The first-order valence-corrected chi connectivity index (χ1v) is 7.89. The van der Waals surface area contributed by atoms with Gasteiger partial charge < -0.3 is 10.3 Å². The van der Waals surface area contributed by atoms with Gasteiger partial charge in [0.25, 0.3) is 0 Å². The van der Waals surface area contributed by atoms with E-state index in [4.69, 9.17) is 0 Å². The summed E-state index contributed by atoms with van der Waals surface area (Å²) in [4.78, 5) is 12.1. The Hall–Kier alpha value is -2.99. The SMILES string of the molecule is Cc1nc2ccc(CNCc3ccc(-n4cccn4)nc3)cc2[nH]1. The molecule has 0 aliphatic rings. The van der Waals surface area contributed by atoms with Gasteiger partial charge in [-0.3, -0.25) is 0 Å². The average molecular weight is 318 g/mol. The zero-order valence-corrected chi connectivity index (χ0v) is 13.4. The number of benzene rings is 1. The van der Waals surface area contributed by atoms with E-state index in [2.05, 4.69) is 49.6 Å². The van der Waals surface area contributed by atoms with Crippen LogP contribution < -0.4 is 5.32 Å². The first kappa shape index (κ1) is 14.6. The van der Waals surface area contributed by atoms with Crippen LogP contribution >= 0.6 is 0 Å². The van der Waals surface area contributed by atoms with Crippen LogP contribution in [0.2, 0.25) is 0 Å². The third kappa shape index (κ3) is 3.04. The number of rotatable bonds is 5. The molecule has 0 spiro atoms. The number of H-pyrrole nitrogens is 1. The molecule has 0 unspecified atom stereocenters. The lowest BCUT2D eigenvalue weighted by atomic mass is 10.2. The molecule has 0 saturated carbocycles. The van der Waals surface area contributed by atoms with E-state index in [1.54, 1.807) is 10.9 Å². The second-order valence-corrected chi connectivity index (χ2v) is 5.75. The Morgan fingerprint density at radius 1 is 1.12 bits per heavy atom. The first-order valence-electron chi connectivity index (χ1n) is 7.89. The Morgan fingerprint density at radius 2 is 2.00 bits per heavy atom. The van der Waals surface area contributed by atoms with Gasteiger partial charge in [0.2, 0.25) is 0 Å². The van der Waals surface area contributed by atoms with Crippen molar-refractivity contribution in [3.05, 3.63) is 71.9 Å². The van der Waals surface area contributed by atoms with Crippen LogP contribution in [0.1, 0.15) is 17.0 Å². The fraction of sp³-hybridized carbons (Fsp3) is 0.167. The van der Waals surface area contributed by atoms with Crippen molar-refractivity contribution in [2.75, 3.05) is 0 Å². The number of hydrogen-bond acceptors (Lipinski definition) is 4. The van der Waals surface area contributed by atoms with Crippen molar-refractivity contribution in [2.24, 2.45) is 0 Å². The zero-order chi connectivity index (χ0) is 16.4. The predicted molar refractivity (Wildman–Crippen MR) is 92.7 cm³/mol. The Morgan fingerprint density at radius 3 is 2.79 bits per heavy atom. The molecule has 0 fully saturated rings. The van der Waals surface area contributed by atoms with Crippen LogP contribution in [0.25, 0.3) is 16.9 Å².